The Bertz CT molecular complexity index is 635. The summed E-state index contributed by atoms with van der Waals surface area (Å²) >= 11 is 0. The van der Waals surface area contributed by atoms with Crippen LogP contribution in [0, 0.1) is 0 Å². The molecule has 0 unspecified atom stereocenters. The molecule has 0 spiro atoms. The molecule has 1 aromatic heterocycles. The molecule has 0 atom stereocenters. The van der Waals surface area contributed by atoms with E-state index in [0.717, 1.165) is 90.2 Å². The number of nitrogens with zero attached hydrogens (tertiary/aromatic N) is 6. The number of rotatable bonds is 4. The number of carbonyl (C=O) groups excluding carboxylic acids is 1. The van der Waals surface area contributed by atoms with Crippen molar-refractivity contribution in [1.82, 2.24) is 19.8 Å². The van der Waals surface area contributed by atoms with Gasteiger partial charge in [0.15, 0.2) is 0 Å². The summed E-state index contributed by atoms with van der Waals surface area (Å²) in [5, 5.41) is 0. The molecule has 0 aromatic carbocycles. The highest BCUT2D eigenvalue weighted by atomic mass is 16.5. The molecule has 1 amide bonds. The first kappa shape index (κ1) is 19.4. The van der Waals surface area contributed by atoms with Crippen LogP contribution in [0.4, 0.5) is 11.8 Å². The number of morpholine rings is 1. The van der Waals surface area contributed by atoms with E-state index < -0.39 is 0 Å². The van der Waals surface area contributed by atoms with Crippen LogP contribution in [-0.2, 0) is 9.53 Å². The van der Waals surface area contributed by atoms with Gasteiger partial charge in [0.25, 0.3) is 0 Å². The summed E-state index contributed by atoms with van der Waals surface area (Å²) in [6, 6.07) is 1.98. The zero-order chi connectivity index (χ0) is 19.2. The summed E-state index contributed by atoms with van der Waals surface area (Å²) in [5.74, 6) is 2.07. The first-order valence-corrected chi connectivity index (χ1v) is 10.7. The van der Waals surface area contributed by atoms with Crippen LogP contribution in [0.15, 0.2) is 12.3 Å². The molecule has 0 N–H and O–H groups in total. The molecule has 4 rings (SSSR count). The van der Waals surface area contributed by atoms with Gasteiger partial charge >= 0.3 is 0 Å². The van der Waals surface area contributed by atoms with E-state index in [2.05, 4.69) is 24.6 Å². The lowest BCUT2D eigenvalue weighted by Gasteiger charge is -2.35. The second-order valence-corrected chi connectivity index (χ2v) is 7.87. The molecule has 8 heteroatoms. The number of hydrogen-bond acceptors (Lipinski definition) is 7. The van der Waals surface area contributed by atoms with Crippen molar-refractivity contribution in [2.75, 3.05) is 81.9 Å². The second-order valence-electron chi connectivity index (χ2n) is 7.87. The Hall–Kier alpha value is -1.93. The van der Waals surface area contributed by atoms with Gasteiger partial charge in [-0.15, -0.1) is 0 Å². The first-order valence-electron chi connectivity index (χ1n) is 10.7. The average Bonchev–Trinajstić information content (AvgIpc) is 3.05. The molecule has 0 aliphatic carbocycles. The van der Waals surface area contributed by atoms with Gasteiger partial charge < -0.3 is 19.4 Å². The van der Waals surface area contributed by atoms with E-state index in [1.807, 2.05) is 12.3 Å². The van der Waals surface area contributed by atoms with Crippen molar-refractivity contribution in [1.29, 1.82) is 0 Å². The maximum atomic E-state index is 12.6. The zero-order valence-corrected chi connectivity index (χ0v) is 16.8. The van der Waals surface area contributed by atoms with Gasteiger partial charge in [0.1, 0.15) is 5.82 Å². The van der Waals surface area contributed by atoms with Crippen molar-refractivity contribution in [2.45, 2.75) is 25.7 Å². The van der Waals surface area contributed by atoms with E-state index in [0.29, 0.717) is 12.5 Å². The highest BCUT2D eigenvalue weighted by Gasteiger charge is 2.24. The quantitative estimate of drug-likeness (QED) is 0.757. The van der Waals surface area contributed by atoms with Crippen LogP contribution < -0.4 is 9.80 Å². The van der Waals surface area contributed by atoms with Crippen LogP contribution in [-0.4, -0.2) is 97.8 Å². The lowest BCUT2D eigenvalue weighted by Crippen LogP contribution is -2.50. The van der Waals surface area contributed by atoms with Gasteiger partial charge in [-0.05, 0) is 18.9 Å². The molecular weight excluding hydrogens is 356 g/mol. The van der Waals surface area contributed by atoms with Crippen molar-refractivity contribution >= 4 is 17.7 Å². The summed E-state index contributed by atoms with van der Waals surface area (Å²) in [6.07, 6.45) is 6.66. The highest BCUT2D eigenvalue weighted by molar-refractivity contribution is 5.78. The number of aromatic nitrogens is 2. The molecule has 3 aliphatic heterocycles. The minimum atomic E-state index is 0.293. The summed E-state index contributed by atoms with van der Waals surface area (Å²) in [4.78, 5) is 30.7. The Morgan fingerprint density at radius 3 is 2.32 bits per heavy atom. The molecule has 28 heavy (non-hydrogen) atoms. The van der Waals surface area contributed by atoms with Gasteiger partial charge in [-0.25, -0.2) is 4.98 Å². The van der Waals surface area contributed by atoms with Crippen molar-refractivity contribution in [2.24, 2.45) is 0 Å². The fourth-order valence-corrected chi connectivity index (χ4v) is 4.18. The SMILES string of the molecule is O=C(CN1CCN(c2nccc(N3CCOCC3)n2)CC1)N1CCCCCC1. The van der Waals surface area contributed by atoms with E-state index in [1.165, 1.54) is 12.8 Å². The largest absolute Gasteiger partial charge is 0.378 e. The minimum absolute atomic E-state index is 0.293. The average molecular weight is 389 g/mol. The minimum Gasteiger partial charge on any atom is -0.378 e. The summed E-state index contributed by atoms with van der Waals surface area (Å²) in [5.41, 5.74) is 0. The fourth-order valence-electron chi connectivity index (χ4n) is 4.18. The van der Waals surface area contributed by atoms with E-state index in [4.69, 9.17) is 9.72 Å². The van der Waals surface area contributed by atoms with Crippen molar-refractivity contribution in [3.63, 3.8) is 0 Å². The molecule has 3 aliphatic rings. The monoisotopic (exact) mass is 388 g/mol. The second kappa shape index (κ2) is 9.52. The van der Waals surface area contributed by atoms with Gasteiger partial charge in [0, 0.05) is 58.6 Å². The Morgan fingerprint density at radius 2 is 1.61 bits per heavy atom. The van der Waals surface area contributed by atoms with Crippen LogP contribution in [0.5, 0.6) is 0 Å². The molecule has 1 aromatic rings. The van der Waals surface area contributed by atoms with E-state index in [1.54, 1.807) is 0 Å². The normalized spacial score (nSPS) is 22.2. The van der Waals surface area contributed by atoms with Crippen LogP contribution in [0.2, 0.25) is 0 Å². The third kappa shape index (κ3) is 4.91. The number of anilines is 2. The molecule has 0 saturated carbocycles. The lowest BCUT2D eigenvalue weighted by atomic mass is 10.2. The lowest BCUT2D eigenvalue weighted by molar-refractivity contribution is -0.132. The van der Waals surface area contributed by atoms with E-state index >= 15 is 0 Å². The summed E-state index contributed by atoms with van der Waals surface area (Å²) in [7, 11) is 0. The van der Waals surface area contributed by atoms with Crippen molar-refractivity contribution in [3.8, 4) is 0 Å². The topological polar surface area (TPSA) is 65.0 Å². The molecule has 3 saturated heterocycles. The number of hydrogen-bond donors (Lipinski definition) is 0. The summed E-state index contributed by atoms with van der Waals surface area (Å²) in [6.45, 7) is 9.15. The van der Waals surface area contributed by atoms with Gasteiger partial charge in [0.2, 0.25) is 11.9 Å². The van der Waals surface area contributed by atoms with Crippen LogP contribution in [0.3, 0.4) is 0 Å². The summed E-state index contributed by atoms with van der Waals surface area (Å²) < 4.78 is 5.43. The van der Waals surface area contributed by atoms with Crippen LogP contribution >= 0.6 is 0 Å². The molecular formula is C20H32N6O2. The molecule has 0 radical (unpaired) electrons. The van der Waals surface area contributed by atoms with Crippen LogP contribution in [0.25, 0.3) is 0 Å². The number of amides is 1. The van der Waals surface area contributed by atoms with Gasteiger partial charge in [-0.1, -0.05) is 12.8 Å². The predicted molar refractivity (Wildman–Crippen MR) is 109 cm³/mol. The Kier molecular flexibility index (Phi) is 6.59. The van der Waals surface area contributed by atoms with Gasteiger partial charge in [-0.3, -0.25) is 9.69 Å². The first-order chi connectivity index (χ1) is 13.8. The third-order valence-electron chi connectivity index (χ3n) is 5.94. The number of carbonyl (C=O) groups is 1. The smallest absolute Gasteiger partial charge is 0.236 e. The van der Waals surface area contributed by atoms with E-state index in [-0.39, 0.29) is 0 Å². The zero-order valence-electron chi connectivity index (χ0n) is 16.8. The van der Waals surface area contributed by atoms with Crippen molar-refractivity contribution < 1.29 is 9.53 Å². The number of likely N-dealkylation sites (tertiary alicyclic amines) is 1. The van der Waals surface area contributed by atoms with Crippen LogP contribution in [0.1, 0.15) is 25.7 Å². The van der Waals surface area contributed by atoms with Gasteiger partial charge in [0.05, 0.1) is 19.8 Å². The Morgan fingerprint density at radius 1 is 0.893 bits per heavy atom. The maximum Gasteiger partial charge on any atom is 0.236 e. The van der Waals surface area contributed by atoms with Crippen molar-refractivity contribution in [3.05, 3.63) is 12.3 Å². The Balaban J connectivity index is 1.28. The standard InChI is InChI=1S/C20H32N6O2/c27-19(25-7-3-1-2-4-8-25)17-23-9-11-26(12-10-23)20-21-6-5-18(22-20)24-13-15-28-16-14-24/h5-6H,1-4,7-17H2. The number of ether oxygens (including phenoxy) is 1. The molecule has 0 bridgehead atoms. The van der Waals surface area contributed by atoms with Gasteiger partial charge in [-0.2, -0.15) is 4.98 Å². The highest BCUT2D eigenvalue weighted by Crippen LogP contribution is 2.18. The molecule has 154 valence electrons. The third-order valence-corrected chi connectivity index (χ3v) is 5.94. The fraction of sp³-hybridized carbons (Fsp3) is 0.750. The van der Waals surface area contributed by atoms with E-state index in [9.17, 15) is 4.79 Å². The predicted octanol–water partition coefficient (Wildman–Crippen LogP) is 0.838. The Labute approximate surface area is 167 Å². The molecule has 8 nitrogen and oxygen atoms in total. The molecule has 3 fully saturated rings. The maximum absolute atomic E-state index is 12.6. The molecule has 4 heterocycles. The number of piperazine rings is 1.